The van der Waals surface area contributed by atoms with Crippen molar-refractivity contribution in [2.75, 3.05) is 6.54 Å². The molecule has 0 radical (unpaired) electrons. The van der Waals surface area contributed by atoms with E-state index < -0.39 is 6.09 Å². The summed E-state index contributed by atoms with van der Waals surface area (Å²) in [4.78, 5) is 22.2. The van der Waals surface area contributed by atoms with Gasteiger partial charge in [-0.05, 0) is 18.6 Å². The van der Waals surface area contributed by atoms with Crippen LogP contribution in [0.4, 0.5) is 4.79 Å². The number of nitrogens with one attached hydrogen (secondary N) is 1. The molecule has 1 aromatic rings. The molecule has 0 unspecified atom stereocenters. The van der Waals surface area contributed by atoms with Gasteiger partial charge in [-0.3, -0.25) is 4.79 Å². The van der Waals surface area contributed by atoms with Crippen LogP contribution in [0.3, 0.4) is 0 Å². The van der Waals surface area contributed by atoms with E-state index in [0.29, 0.717) is 12.1 Å². The fourth-order valence-electron chi connectivity index (χ4n) is 1.02. The minimum absolute atomic E-state index is 0.113. The van der Waals surface area contributed by atoms with E-state index in [1.807, 2.05) is 0 Å². The third-order valence-corrected chi connectivity index (χ3v) is 1.86. The average molecular weight is 210 g/mol. The zero-order chi connectivity index (χ0) is 11.3. The van der Waals surface area contributed by atoms with E-state index in [2.05, 4.69) is 5.32 Å². The maximum Gasteiger partial charge on any atom is 0.407 e. The molecule has 0 saturated carbocycles. The van der Waals surface area contributed by atoms with Crippen molar-refractivity contribution in [3.05, 3.63) is 34.2 Å². The van der Waals surface area contributed by atoms with Crippen molar-refractivity contribution in [2.24, 2.45) is 7.05 Å². The molecule has 0 fully saturated rings. The highest BCUT2D eigenvalue weighted by atomic mass is 16.5. The number of carbonyl (C=O) groups excluding carboxylic acids is 1. The van der Waals surface area contributed by atoms with Crippen molar-refractivity contribution in [1.29, 1.82) is 0 Å². The van der Waals surface area contributed by atoms with Crippen LogP contribution in [0.5, 0.6) is 0 Å². The Hall–Kier alpha value is -1.78. The number of alkyl carbamates (subject to hydrolysis) is 1. The van der Waals surface area contributed by atoms with E-state index in [4.69, 9.17) is 4.74 Å². The van der Waals surface area contributed by atoms with E-state index >= 15 is 0 Å². The predicted octanol–water partition coefficient (Wildman–Crippen LogP) is 0.631. The highest BCUT2D eigenvalue weighted by Crippen LogP contribution is 1.97. The Kier molecular flexibility index (Phi) is 3.91. The number of ether oxygens (including phenoxy) is 1. The summed E-state index contributed by atoms with van der Waals surface area (Å²) in [5.41, 5.74) is 0.566. The molecule has 0 spiro atoms. The first-order chi connectivity index (χ1) is 7.13. The molecule has 82 valence electrons. The van der Waals surface area contributed by atoms with E-state index in [1.54, 1.807) is 26.2 Å². The van der Waals surface area contributed by atoms with Crippen molar-refractivity contribution in [1.82, 2.24) is 9.88 Å². The van der Waals surface area contributed by atoms with Crippen LogP contribution < -0.4 is 10.9 Å². The molecule has 0 aliphatic carbocycles. The van der Waals surface area contributed by atoms with Crippen LogP contribution in [0.15, 0.2) is 23.1 Å². The quantitative estimate of drug-likeness (QED) is 0.796. The van der Waals surface area contributed by atoms with Crippen LogP contribution in [-0.4, -0.2) is 17.2 Å². The monoisotopic (exact) mass is 210 g/mol. The van der Waals surface area contributed by atoms with Crippen LogP contribution in [0.1, 0.15) is 12.5 Å². The molecule has 1 amide bonds. The van der Waals surface area contributed by atoms with Crippen molar-refractivity contribution in [2.45, 2.75) is 13.5 Å². The van der Waals surface area contributed by atoms with Gasteiger partial charge in [-0.15, -0.1) is 0 Å². The van der Waals surface area contributed by atoms with Crippen LogP contribution in [0.25, 0.3) is 0 Å². The van der Waals surface area contributed by atoms with Gasteiger partial charge in [0.25, 0.3) is 5.56 Å². The van der Waals surface area contributed by atoms with Gasteiger partial charge in [-0.1, -0.05) is 0 Å². The lowest BCUT2D eigenvalue weighted by Gasteiger charge is -2.05. The Morgan fingerprint density at radius 3 is 2.93 bits per heavy atom. The molecule has 0 atom stereocenters. The lowest BCUT2D eigenvalue weighted by atomic mass is 10.3. The molecule has 1 aromatic heterocycles. The SMILES string of the molecule is CCNC(=O)OCc1ccn(C)c(=O)c1. The van der Waals surface area contributed by atoms with Crippen molar-refractivity contribution in [3.63, 3.8) is 0 Å². The van der Waals surface area contributed by atoms with Gasteiger partial charge >= 0.3 is 6.09 Å². The Morgan fingerprint density at radius 1 is 1.60 bits per heavy atom. The molecule has 0 aliphatic heterocycles. The summed E-state index contributed by atoms with van der Waals surface area (Å²) in [5, 5.41) is 2.50. The second-order valence-electron chi connectivity index (χ2n) is 3.09. The van der Waals surface area contributed by atoms with Crippen molar-refractivity contribution < 1.29 is 9.53 Å². The van der Waals surface area contributed by atoms with E-state index in [-0.39, 0.29) is 12.2 Å². The van der Waals surface area contributed by atoms with Crippen LogP contribution in [0.2, 0.25) is 0 Å². The fourth-order valence-corrected chi connectivity index (χ4v) is 1.02. The molecule has 15 heavy (non-hydrogen) atoms. The number of amides is 1. The van der Waals surface area contributed by atoms with Crippen LogP contribution in [-0.2, 0) is 18.4 Å². The molecular formula is C10H14N2O3. The van der Waals surface area contributed by atoms with Crippen LogP contribution >= 0.6 is 0 Å². The first kappa shape index (κ1) is 11.3. The van der Waals surface area contributed by atoms with Gasteiger partial charge in [-0.25, -0.2) is 4.79 Å². The summed E-state index contributed by atoms with van der Waals surface area (Å²) in [7, 11) is 1.66. The van der Waals surface area contributed by atoms with Crippen molar-refractivity contribution >= 4 is 6.09 Å². The van der Waals surface area contributed by atoms with Gasteiger partial charge in [0.2, 0.25) is 0 Å². The number of hydrogen-bond acceptors (Lipinski definition) is 3. The summed E-state index contributed by atoms with van der Waals surface area (Å²) < 4.78 is 6.32. The number of aromatic nitrogens is 1. The normalized spacial score (nSPS) is 9.73. The molecule has 1 N–H and O–H groups in total. The second kappa shape index (κ2) is 5.19. The molecule has 5 nitrogen and oxygen atoms in total. The molecule has 0 aliphatic rings. The van der Waals surface area contributed by atoms with Crippen molar-refractivity contribution in [3.8, 4) is 0 Å². The van der Waals surface area contributed by atoms with Gasteiger partial charge in [0.15, 0.2) is 0 Å². The third kappa shape index (κ3) is 3.46. The summed E-state index contributed by atoms with van der Waals surface area (Å²) in [6.07, 6.45) is 1.16. The van der Waals surface area contributed by atoms with Crippen LogP contribution in [0, 0.1) is 0 Å². The smallest absolute Gasteiger partial charge is 0.407 e. The molecule has 0 aromatic carbocycles. The number of pyridine rings is 1. The summed E-state index contributed by atoms with van der Waals surface area (Å²) >= 11 is 0. The lowest BCUT2D eigenvalue weighted by molar-refractivity contribution is 0.140. The Bertz CT molecular complexity index is 398. The Labute approximate surface area is 87.7 Å². The van der Waals surface area contributed by atoms with Gasteiger partial charge in [0.1, 0.15) is 6.61 Å². The molecule has 0 bridgehead atoms. The Morgan fingerprint density at radius 2 is 2.33 bits per heavy atom. The van der Waals surface area contributed by atoms with Gasteiger partial charge in [0, 0.05) is 25.9 Å². The standard InChI is InChI=1S/C10H14N2O3/c1-3-11-10(14)15-7-8-4-5-12(2)9(13)6-8/h4-6H,3,7H2,1-2H3,(H,11,14). The Balaban J connectivity index is 2.55. The molecule has 1 heterocycles. The number of hydrogen-bond donors (Lipinski definition) is 1. The van der Waals surface area contributed by atoms with E-state index in [1.165, 1.54) is 10.6 Å². The van der Waals surface area contributed by atoms with Gasteiger partial charge in [0.05, 0.1) is 0 Å². The number of aryl methyl sites for hydroxylation is 1. The summed E-state index contributed by atoms with van der Waals surface area (Å²) in [6, 6.07) is 3.18. The first-order valence-corrected chi connectivity index (χ1v) is 4.69. The highest BCUT2D eigenvalue weighted by Gasteiger charge is 2.01. The predicted molar refractivity (Wildman–Crippen MR) is 55.5 cm³/mol. The third-order valence-electron chi connectivity index (χ3n) is 1.86. The zero-order valence-electron chi connectivity index (χ0n) is 8.82. The largest absolute Gasteiger partial charge is 0.445 e. The zero-order valence-corrected chi connectivity index (χ0v) is 8.82. The molecule has 0 saturated heterocycles. The molecule has 5 heteroatoms. The fraction of sp³-hybridized carbons (Fsp3) is 0.400. The topological polar surface area (TPSA) is 60.3 Å². The number of nitrogens with zero attached hydrogens (tertiary/aromatic N) is 1. The van der Waals surface area contributed by atoms with Gasteiger partial charge in [-0.2, -0.15) is 0 Å². The first-order valence-electron chi connectivity index (χ1n) is 4.69. The minimum atomic E-state index is -0.474. The summed E-state index contributed by atoms with van der Waals surface area (Å²) in [6.45, 7) is 2.44. The number of carbonyl (C=O) groups is 1. The lowest BCUT2D eigenvalue weighted by Crippen LogP contribution is -2.24. The average Bonchev–Trinajstić information content (AvgIpc) is 2.20. The highest BCUT2D eigenvalue weighted by molar-refractivity contribution is 5.66. The second-order valence-corrected chi connectivity index (χ2v) is 3.09. The molecular weight excluding hydrogens is 196 g/mol. The van der Waals surface area contributed by atoms with E-state index in [9.17, 15) is 9.59 Å². The molecule has 1 rings (SSSR count). The maximum absolute atomic E-state index is 11.2. The van der Waals surface area contributed by atoms with E-state index in [0.717, 1.165) is 0 Å². The maximum atomic E-state index is 11.2. The number of rotatable bonds is 3. The summed E-state index contributed by atoms with van der Waals surface area (Å²) in [5.74, 6) is 0. The minimum Gasteiger partial charge on any atom is -0.445 e. The van der Waals surface area contributed by atoms with Gasteiger partial charge < -0.3 is 14.6 Å².